The van der Waals surface area contributed by atoms with Gasteiger partial charge in [0.15, 0.2) is 0 Å². The fourth-order valence-electron chi connectivity index (χ4n) is 3.98. The number of carbonyl (C=O) groups is 1. The number of pyridine rings is 1. The zero-order valence-electron chi connectivity index (χ0n) is 20.8. The largest absolute Gasteiger partial charge is 0.496 e. The van der Waals surface area contributed by atoms with Crippen molar-refractivity contribution in [1.82, 2.24) is 10.3 Å². The third kappa shape index (κ3) is 5.21. The minimum atomic E-state index is -0.522. The molecule has 0 saturated heterocycles. The first-order valence-electron chi connectivity index (χ1n) is 11.2. The molecule has 0 saturated carbocycles. The van der Waals surface area contributed by atoms with Crippen LogP contribution in [0.3, 0.4) is 0 Å². The van der Waals surface area contributed by atoms with Crippen LogP contribution in [0.5, 0.6) is 5.75 Å². The summed E-state index contributed by atoms with van der Waals surface area (Å²) in [5.41, 5.74) is 5.92. The van der Waals surface area contributed by atoms with Gasteiger partial charge < -0.3 is 19.8 Å². The Hall–Kier alpha value is -3.28. The monoisotopic (exact) mass is 450 g/mol. The summed E-state index contributed by atoms with van der Waals surface area (Å²) in [6.45, 7) is 13.9. The topological polar surface area (TPSA) is 80.4 Å². The zero-order chi connectivity index (χ0) is 24.5. The third-order valence-corrected chi connectivity index (χ3v) is 5.94. The Kier molecular flexibility index (Phi) is 6.86. The normalized spacial score (nSPS) is 12.5. The van der Waals surface area contributed by atoms with Crippen LogP contribution in [0, 0.1) is 20.8 Å². The van der Waals surface area contributed by atoms with Crippen LogP contribution in [0.2, 0.25) is 0 Å². The van der Waals surface area contributed by atoms with E-state index in [9.17, 15) is 9.59 Å². The van der Waals surface area contributed by atoms with Crippen molar-refractivity contribution in [3.63, 3.8) is 0 Å². The Balaban J connectivity index is 1.96. The van der Waals surface area contributed by atoms with Crippen LogP contribution in [-0.2, 0) is 4.74 Å². The van der Waals surface area contributed by atoms with Crippen molar-refractivity contribution >= 4 is 17.0 Å². The number of hydrogen-bond donors (Lipinski definition) is 2. The molecule has 0 aliphatic heterocycles. The number of ether oxygens (including phenoxy) is 2. The Bertz CT molecular complexity index is 1230. The highest BCUT2D eigenvalue weighted by Crippen LogP contribution is 2.40. The van der Waals surface area contributed by atoms with Gasteiger partial charge in [0, 0.05) is 23.1 Å². The van der Waals surface area contributed by atoms with Crippen LogP contribution in [0.1, 0.15) is 55.9 Å². The number of benzene rings is 2. The summed E-state index contributed by atoms with van der Waals surface area (Å²) in [7, 11) is 1.66. The molecule has 0 spiro atoms. The minimum Gasteiger partial charge on any atom is -0.496 e. The Labute approximate surface area is 195 Å². The maximum Gasteiger partial charge on any atom is 0.407 e. The smallest absolute Gasteiger partial charge is 0.407 e. The fraction of sp³-hybridized carbons (Fsp3) is 0.407. The van der Waals surface area contributed by atoms with E-state index in [2.05, 4.69) is 41.5 Å². The molecule has 1 heterocycles. The lowest BCUT2D eigenvalue weighted by Gasteiger charge is -2.21. The fourth-order valence-corrected chi connectivity index (χ4v) is 3.98. The number of methoxy groups -OCH3 is 1. The van der Waals surface area contributed by atoms with Crippen LogP contribution in [-0.4, -0.2) is 30.3 Å². The molecule has 1 aromatic heterocycles. The number of aromatic nitrogens is 1. The number of fused-ring (bicyclic) bond motifs is 1. The van der Waals surface area contributed by atoms with E-state index in [-0.39, 0.29) is 11.5 Å². The first kappa shape index (κ1) is 24.4. The molecule has 3 aromatic rings. The van der Waals surface area contributed by atoms with Gasteiger partial charge in [0.05, 0.1) is 12.6 Å². The van der Waals surface area contributed by atoms with Crippen LogP contribution in [0.25, 0.3) is 22.0 Å². The summed E-state index contributed by atoms with van der Waals surface area (Å²) in [5, 5.41) is 3.83. The molecule has 2 aromatic carbocycles. The van der Waals surface area contributed by atoms with Gasteiger partial charge in [-0.3, -0.25) is 4.79 Å². The summed E-state index contributed by atoms with van der Waals surface area (Å²) in [5.74, 6) is 0.880. The van der Waals surface area contributed by atoms with Gasteiger partial charge in [-0.25, -0.2) is 4.79 Å². The molecule has 33 heavy (non-hydrogen) atoms. The summed E-state index contributed by atoms with van der Waals surface area (Å²) >= 11 is 0. The van der Waals surface area contributed by atoms with Crippen LogP contribution >= 0.6 is 0 Å². The quantitative estimate of drug-likeness (QED) is 0.518. The Morgan fingerprint density at radius 3 is 2.30 bits per heavy atom. The first-order chi connectivity index (χ1) is 15.4. The molecule has 0 radical (unpaired) electrons. The predicted molar refractivity (Wildman–Crippen MR) is 133 cm³/mol. The summed E-state index contributed by atoms with van der Waals surface area (Å²) < 4.78 is 11.1. The van der Waals surface area contributed by atoms with Crippen molar-refractivity contribution in [1.29, 1.82) is 0 Å². The Morgan fingerprint density at radius 1 is 1.09 bits per heavy atom. The maximum absolute atomic E-state index is 12.4. The van der Waals surface area contributed by atoms with E-state index in [1.54, 1.807) is 7.11 Å². The van der Waals surface area contributed by atoms with Gasteiger partial charge in [0.1, 0.15) is 11.4 Å². The summed E-state index contributed by atoms with van der Waals surface area (Å²) in [6.07, 6.45) is -0.415. The third-order valence-electron chi connectivity index (χ3n) is 5.94. The van der Waals surface area contributed by atoms with Gasteiger partial charge in [-0.15, -0.1) is 0 Å². The minimum absolute atomic E-state index is 0.0686. The average molecular weight is 451 g/mol. The van der Waals surface area contributed by atoms with Crippen molar-refractivity contribution in [3.05, 3.63) is 62.9 Å². The van der Waals surface area contributed by atoms with Crippen molar-refractivity contribution in [3.8, 4) is 16.9 Å². The van der Waals surface area contributed by atoms with Gasteiger partial charge in [-0.1, -0.05) is 31.2 Å². The number of hydrogen-bond acceptors (Lipinski definition) is 4. The number of rotatable bonds is 5. The van der Waals surface area contributed by atoms with E-state index in [1.807, 2.05) is 47.6 Å². The lowest BCUT2D eigenvalue weighted by atomic mass is 9.91. The molecule has 6 heteroatoms. The number of alkyl carbamates (subject to hydrolysis) is 1. The molecule has 176 valence electrons. The van der Waals surface area contributed by atoms with E-state index >= 15 is 0 Å². The SMILES string of the molecule is COc1cc(C)c2[nH]c(=O)c(C)c(C)c2c1-c1ccc([C@@H](C)CNC(=O)OC(C)(C)C)cc1. The molecule has 2 N–H and O–H groups in total. The molecule has 0 aliphatic rings. The Morgan fingerprint density at radius 2 is 1.73 bits per heavy atom. The standard InChI is InChI=1S/C27H34N2O4/c1-15-13-21(32-8)23(22-17(3)18(4)25(30)29-24(15)22)20-11-9-19(10-12-20)16(2)14-28-26(31)33-27(5,6)7/h9-13,16H,14H2,1-8H3,(H,28,31)(H,29,30)/t16-/m0/s1. The first-order valence-corrected chi connectivity index (χ1v) is 11.2. The second kappa shape index (κ2) is 9.30. The van der Waals surface area contributed by atoms with Gasteiger partial charge in [-0.2, -0.15) is 0 Å². The summed E-state index contributed by atoms with van der Waals surface area (Å²) in [4.78, 5) is 27.4. The van der Waals surface area contributed by atoms with E-state index < -0.39 is 11.7 Å². The van der Waals surface area contributed by atoms with Crippen molar-refractivity contribution in [2.75, 3.05) is 13.7 Å². The van der Waals surface area contributed by atoms with Gasteiger partial charge >= 0.3 is 6.09 Å². The molecule has 3 rings (SSSR count). The number of nitrogens with one attached hydrogen (secondary N) is 2. The molecule has 0 bridgehead atoms. The van der Waals surface area contributed by atoms with Gasteiger partial charge in [0.2, 0.25) is 0 Å². The lowest BCUT2D eigenvalue weighted by Crippen LogP contribution is -2.34. The highest BCUT2D eigenvalue weighted by atomic mass is 16.6. The van der Waals surface area contributed by atoms with E-state index in [0.29, 0.717) is 12.1 Å². The van der Waals surface area contributed by atoms with Crippen molar-refractivity contribution in [2.24, 2.45) is 0 Å². The zero-order valence-corrected chi connectivity index (χ0v) is 20.8. The van der Waals surface area contributed by atoms with Crippen molar-refractivity contribution < 1.29 is 14.3 Å². The molecule has 1 amide bonds. The second-order valence-corrected chi connectivity index (χ2v) is 9.63. The molecule has 0 aliphatic carbocycles. The highest BCUT2D eigenvalue weighted by molar-refractivity contribution is 6.02. The number of H-pyrrole nitrogens is 1. The van der Waals surface area contributed by atoms with Gasteiger partial charge in [0.25, 0.3) is 5.56 Å². The second-order valence-electron chi connectivity index (χ2n) is 9.63. The molecular weight excluding hydrogens is 416 g/mol. The van der Waals surface area contributed by atoms with Crippen molar-refractivity contribution in [2.45, 2.75) is 60.0 Å². The van der Waals surface area contributed by atoms with Crippen LogP contribution < -0.4 is 15.6 Å². The maximum atomic E-state index is 12.4. The van der Waals surface area contributed by atoms with Crippen LogP contribution in [0.4, 0.5) is 4.79 Å². The summed E-state index contributed by atoms with van der Waals surface area (Å²) in [6, 6.07) is 10.2. The molecule has 1 atom stereocenters. The van der Waals surface area contributed by atoms with E-state index in [1.165, 1.54) is 0 Å². The predicted octanol–water partition coefficient (Wildman–Crippen LogP) is 5.76. The molecule has 6 nitrogen and oxygen atoms in total. The average Bonchev–Trinajstić information content (AvgIpc) is 2.75. The molecule has 0 unspecified atom stereocenters. The number of aromatic amines is 1. The molecule has 0 fully saturated rings. The van der Waals surface area contributed by atoms with Gasteiger partial charge in [-0.05, 0) is 75.8 Å². The lowest BCUT2D eigenvalue weighted by molar-refractivity contribution is 0.0525. The molecular formula is C27H34N2O4. The number of amides is 1. The van der Waals surface area contributed by atoms with E-state index in [0.717, 1.165) is 44.5 Å². The highest BCUT2D eigenvalue weighted by Gasteiger charge is 2.19. The number of aryl methyl sites for hydroxylation is 2. The number of carbonyl (C=O) groups excluding carboxylic acids is 1. The van der Waals surface area contributed by atoms with E-state index in [4.69, 9.17) is 9.47 Å². The van der Waals surface area contributed by atoms with Crippen LogP contribution in [0.15, 0.2) is 35.1 Å².